The molecule has 1 aliphatic rings. The number of nitrogens with zero attached hydrogens (tertiary/aromatic N) is 1. The second-order valence-corrected chi connectivity index (χ2v) is 10.6. The van der Waals surface area contributed by atoms with Gasteiger partial charge in [0.15, 0.2) is 0 Å². The number of aryl methyl sites for hydroxylation is 2. The quantitative estimate of drug-likeness (QED) is 0.232. The number of halogens is 3. The van der Waals surface area contributed by atoms with E-state index < -0.39 is 0 Å². The Balaban J connectivity index is 0.00000432. The van der Waals surface area contributed by atoms with Gasteiger partial charge in [0.1, 0.15) is 0 Å². The summed E-state index contributed by atoms with van der Waals surface area (Å²) < 4.78 is 13.2. The predicted octanol–water partition coefficient (Wildman–Crippen LogP) is 4.38. The molecule has 0 atom stereocenters. The Morgan fingerprint density at radius 2 is 0.971 bits per heavy atom. The smallest absolute Gasteiger partial charge is 0.0808 e. The van der Waals surface area contributed by atoms with Gasteiger partial charge in [0.05, 0.1) is 39.4 Å². The number of benzene rings is 2. The van der Waals surface area contributed by atoms with Crippen LogP contribution in [0.3, 0.4) is 0 Å². The van der Waals surface area contributed by atoms with E-state index in [9.17, 15) is 0 Å². The van der Waals surface area contributed by atoms with Crippen LogP contribution in [0.4, 0.5) is 0 Å². The highest BCUT2D eigenvalue weighted by atomic mass is 35.5. The average molecular weight is 543 g/mol. The molecule has 1 heterocycles. The Morgan fingerprint density at radius 3 is 1.40 bits per heavy atom. The normalized spacial score (nSPS) is 15.0. The van der Waals surface area contributed by atoms with Crippen molar-refractivity contribution in [3.63, 3.8) is 0 Å². The van der Waals surface area contributed by atoms with Gasteiger partial charge in [0.25, 0.3) is 0 Å². The van der Waals surface area contributed by atoms with Crippen molar-refractivity contribution in [3.05, 3.63) is 69.7 Å². The third kappa shape index (κ3) is 12.3. The fraction of sp³-hybridized carbons (Fsp3) is 0.586. The Labute approximate surface area is 229 Å². The van der Waals surface area contributed by atoms with Gasteiger partial charge in [-0.3, -0.25) is 0 Å². The summed E-state index contributed by atoms with van der Waals surface area (Å²) in [6.45, 7) is 8.57. The number of likely N-dealkylation sites (tertiary alicyclic amines) is 1. The lowest BCUT2D eigenvalue weighted by molar-refractivity contribution is -0.932. The molecule has 196 valence electrons. The minimum absolute atomic E-state index is 0. The Morgan fingerprint density at radius 1 is 0.571 bits per heavy atom. The van der Waals surface area contributed by atoms with Gasteiger partial charge < -0.3 is 26.4 Å². The molecule has 0 spiro atoms. The fourth-order valence-electron chi connectivity index (χ4n) is 5.01. The van der Waals surface area contributed by atoms with Crippen molar-refractivity contribution in [2.24, 2.45) is 0 Å². The number of piperidine rings is 1. The summed E-state index contributed by atoms with van der Waals surface area (Å²) in [4.78, 5) is 0. The lowest BCUT2D eigenvalue weighted by atomic mass is 10.1. The number of quaternary nitrogens is 1. The van der Waals surface area contributed by atoms with Gasteiger partial charge in [0.2, 0.25) is 0 Å². The summed E-state index contributed by atoms with van der Waals surface area (Å²) in [6.07, 6.45) is 10.7. The van der Waals surface area contributed by atoms with Crippen LogP contribution in [0.1, 0.15) is 56.1 Å². The van der Waals surface area contributed by atoms with Crippen LogP contribution in [-0.4, -0.2) is 57.1 Å². The van der Waals surface area contributed by atoms with Crippen molar-refractivity contribution < 1.29 is 26.4 Å². The molecule has 0 amide bonds. The first kappa shape index (κ1) is 30.4. The standard InChI is InChI=1S/C29H42Cl2NO2.ClH/c30-28-14-10-26(11-15-28)8-4-22-33-24-6-20-32(18-2-1-3-19-32)21-7-25-34-23-5-9-27-12-16-29(31)17-13-27;/h10-17H,1-9,18-25H2;1H/q+1;/p-1. The summed E-state index contributed by atoms with van der Waals surface area (Å²) in [6, 6.07) is 16.3. The van der Waals surface area contributed by atoms with Crippen LogP contribution in [-0.2, 0) is 22.3 Å². The highest BCUT2D eigenvalue weighted by Gasteiger charge is 2.28. The molecule has 0 aliphatic carbocycles. The van der Waals surface area contributed by atoms with E-state index in [-0.39, 0.29) is 12.4 Å². The molecule has 6 heteroatoms. The summed E-state index contributed by atoms with van der Waals surface area (Å²) in [5, 5.41) is 1.60. The monoisotopic (exact) mass is 541 g/mol. The Bertz CT molecular complexity index is 731. The molecule has 35 heavy (non-hydrogen) atoms. The topological polar surface area (TPSA) is 18.5 Å². The largest absolute Gasteiger partial charge is 1.00 e. The molecule has 1 aliphatic heterocycles. The van der Waals surface area contributed by atoms with E-state index in [2.05, 4.69) is 24.3 Å². The highest BCUT2D eigenvalue weighted by molar-refractivity contribution is 6.30. The molecule has 1 saturated heterocycles. The van der Waals surface area contributed by atoms with Crippen molar-refractivity contribution in [3.8, 4) is 0 Å². The van der Waals surface area contributed by atoms with Gasteiger partial charge in [-0.25, -0.2) is 0 Å². The molecule has 0 unspecified atom stereocenters. The molecule has 2 aromatic rings. The van der Waals surface area contributed by atoms with Crippen LogP contribution < -0.4 is 12.4 Å². The predicted molar refractivity (Wildman–Crippen MR) is 144 cm³/mol. The molecule has 3 rings (SSSR count). The maximum absolute atomic E-state index is 5.96. The molecule has 1 fully saturated rings. The van der Waals surface area contributed by atoms with Gasteiger partial charge in [-0.2, -0.15) is 0 Å². The molecule has 0 radical (unpaired) electrons. The summed E-state index contributed by atoms with van der Waals surface area (Å²) in [7, 11) is 0. The first-order valence-corrected chi connectivity index (χ1v) is 13.9. The number of hydrogen-bond donors (Lipinski definition) is 0. The number of rotatable bonds is 16. The van der Waals surface area contributed by atoms with E-state index in [0.29, 0.717) is 0 Å². The van der Waals surface area contributed by atoms with Gasteiger partial charge >= 0.3 is 0 Å². The molecule has 0 N–H and O–H groups in total. The Hall–Kier alpha value is -0.810. The Kier molecular flexibility index (Phi) is 15.3. The van der Waals surface area contributed by atoms with Crippen molar-refractivity contribution in [1.82, 2.24) is 0 Å². The van der Waals surface area contributed by atoms with Gasteiger partial charge in [-0.05, 0) is 80.3 Å². The van der Waals surface area contributed by atoms with Crippen LogP contribution in [0.5, 0.6) is 0 Å². The van der Waals surface area contributed by atoms with E-state index in [0.717, 1.165) is 75.0 Å². The molecular formula is C29H42Cl3NO2. The zero-order valence-corrected chi connectivity index (χ0v) is 23.3. The second kappa shape index (κ2) is 17.6. The molecular weight excluding hydrogens is 501 g/mol. The van der Waals surface area contributed by atoms with E-state index >= 15 is 0 Å². The zero-order chi connectivity index (χ0) is 23.9. The van der Waals surface area contributed by atoms with Crippen LogP contribution in [0, 0.1) is 0 Å². The van der Waals surface area contributed by atoms with E-state index in [1.165, 1.54) is 61.1 Å². The van der Waals surface area contributed by atoms with Crippen molar-refractivity contribution in [2.45, 2.75) is 57.8 Å². The summed E-state index contributed by atoms with van der Waals surface area (Å²) >= 11 is 11.9. The van der Waals surface area contributed by atoms with Gasteiger partial charge in [-0.15, -0.1) is 0 Å². The van der Waals surface area contributed by atoms with Crippen LogP contribution in [0.25, 0.3) is 0 Å². The lowest BCUT2D eigenvalue weighted by Crippen LogP contribution is -3.00. The summed E-state index contributed by atoms with van der Waals surface area (Å²) in [5.74, 6) is 0. The molecule has 2 aromatic carbocycles. The number of hydrogen-bond acceptors (Lipinski definition) is 2. The first-order chi connectivity index (χ1) is 16.7. The van der Waals surface area contributed by atoms with Crippen LogP contribution >= 0.6 is 23.2 Å². The van der Waals surface area contributed by atoms with Crippen molar-refractivity contribution >= 4 is 23.2 Å². The minimum atomic E-state index is 0. The van der Waals surface area contributed by atoms with Gasteiger partial charge in [-0.1, -0.05) is 47.5 Å². The molecule has 0 bridgehead atoms. The second-order valence-electron chi connectivity index (χ2n) is 9.69. The fourth-order valence-corrected chi connectivity index (χ4v) is 5.26. The molecule has 3 nitrogen and oxygen atoms in total. The van der Waals surface area contributed by atoms with Crippen molar-refractivity contribution in [1.29, 1.82) is 0 Å². The average Bonchev–Trinajstić information content (AvgIpc) is 2.86. The highest BCUT2D eigenvalue weighted by Crippen LogP contribution is 2.20. The SMILES string of the molecule is Clc1ccc(CCCOCCC[N+]2(CCCOCCCc3ccc(Cl)cc3)CCCCC2)cc1.[Cl-]. The third-order valence-corrected chi connectivity index (χ3v) is 7.45. The third-order valence-electron chi connectivity index (χ3n) is 6.94. The van der Waals surface area contributed by atoms with E-state index in [1.54, 1.807) is 0 Å². The lowest BCUT2D eigenvalue weighted by Gasteiger charge is -2.42. The summed E-state index contributed by atoms with van der Waals surface area (Å²) in [5.41, 5.74) is 2.66. The van der Waals surface area contributed by atoms with Gasteiger partial charge in [0, 0.05) is 36.1 Å². The minimum Gasteiger partial charge on any atom is -1.00 e. The maximum Gasteiger partial charge on any atom is 0.0808 e. The maximum atomic E-state index is 5.96. The van der Waals surface area contributed by atoms with Crippen LogP contribution in [0.2, 0.25) is 10.0 Å². The van der Waals surface area contributed by atoms with E-state index in [4.69, 9.17) is 32.7 Å². The first-order valence-electron chi connectivity index (χ1n) is 13.1. The number of ether oxygens (including phenoxy) is 2. The van der Waals surface area contributed by atoms with Crippen molar-refractivity contribution in [2.75, 3.05) is 52.6 Å². The van der Waals surface area contributed by atoms with Crippen LogP contribution in [0.15, 0.2) is 48.5 Å². The zero-order valence-electron chi connectivity index (χ0n) is 21.0. The molecule has 0 saturated carbocycles. The molecule has 0 aromatic heterocycles. The van der Waals surface area contributed by atoms with E-state index in [1.807, 2.05) is 24.3 Å².